The molecule has 2 aromatic rings. The molecule has 108 valence electrons. The van der Waals surface area contributed by atoms with Crippen molar-refractivity contribution in [3.8, 4) is 11.6 Å². The summed E-state index contributed by atoms with van der Waals surface area (Å²) in [6.45, 7) is 0. The summed E-state index contributed by atoms with van der Waals surface area (Å²) < 4.78 is 5.81. The van der Waals surface area contributed by atoms with Crippen LogP contribution in [0.1, 0.15) is 23.2 Å². The molecule has 3 rings (SSSR count). The number of ether oxygens (including phenoxy) is 1. The van der Waals surface area contributed by atoms with Gasteiger partial charge in [-0.15, -0.1) is 0 Å². The van der Waals surface area contributed by atoms with Gasteiger partial charge in [-0.2, -0.15) is 0 Å². The maximum atomic E-state index is 5.99. The van der Waals surface area contributed by atoms with Crippen molar-refractivity contribution in [2.75, 3.05) is 0 Å². The van der Waals surface area contributed by atoms with Gasteiger partial charge in [0.25, 0.3) is 0 Å². The normalized spacial score (nSPS) is 13.0. The summed E-state index contributed by atoms with van der Waals surface area (Å²) >= 11 is 17.0. The second-order valence-corrected chi connectivity index (χ2v) is 6.10. The van der Waals surface area contributed by atoms with E-state index in [1.54, 1.807) is 18.2 Å². The van der Waals surface area contributed by atoms with E-state index in [2.05, 4.69) is 4.98 Å². The maximum Gasteiger partial charge on any atom is 0.229 e. The van der Waals surface area contributed by atoms with Crippen LogP contribution in [0.25, 0.3) is 0 Å². The number of aryl methyl sites for hydroxylation is 2. The number of halogens is 2. The van der Waals surface area contributed by atoms with Crippen molar-refractivity contribution in [3.63, 3.8) is 0 Å². The van der Waals surface area contributed by atoms with Crippen LogP contribution in [0.3, 0.4) is 0 Å². The van der Waals surface area contributed by atoms with Crippen molar-refractivity contribution in [1.29, 1.82) is 0 Å². The first-order valence-corrected chi connectivity index (χ1v) is 7.66. The van der Waals surface area contributed by atoms with Crippen molar-refractivity contribution < 1.29 is 4.74 Å². The number of pyridine rings is 1. The first-order valence-electron chi connectivity index (χ1n) is 6.50. The molecule has 6 heteroatoms. The van der Waals surface area contributed by atoms with E-state index in [1.807, 2.05) is 6.07 Å². The minimum Gasteiger partial charge on any atom is -0.438 e. The Labute approximate surface area is 138 Å². The average molecular weight is 339 g/mol. The standard InChI is InChI=1S/C15H12Cl2N2OS/c16-11-5-4-9(7-12(11)17)20-15-10(14(18)21)6-8-2-1-3-13(8)19-15/h4-7H,1-3H2,(H2,18,21). The first kappa shape index (κ1) is 14.6. The lowest BCUT2D eigenvalue weighted by Crippen LogP contribution is -2.13. The number of nitrogens with zero attached hydrogens (tertiary/aromatic N) is 1. The molecule has 0 fully saturated rings. The third-order valence-electron chi connectivity index (χ3n) is 3.39. The largest absolute Gasteiger partial charge is 0.438 e. The highest BCUT2D eigenvalue weighted by atomic mass is 35.5. The predicted octanol–water partition coefficient (Wildman–Crippen LogP) is 4.30. The highest BCUT2D eigenvalue weighted by Gasteiger charge is 2.19. The number of nitrogens with two attached hydrogens (primary N) is 1. The molecule has 0 radical (unpaired) electrons. The van der Waals surface area contributed by atoms with E-state index in [-0.39, 0.29) is 4.99 Å². The SMILES string of the molecule is NC(=S)c1cc2c(nc1Oc1ccc(Cl)c(Cl)c1)CCC2. The second-order valence-electron chi connectivity index (χ2n) is 4.84. The van der Waals surface area contributed by atoms with Crippen LogP contribution < -0.4 is 10.5 Å². The Morgan fingerprint density at radius 3 is 2.71 bits per heavy atom. The van der Waals surface area contributed by atoms with Crippen molar-refractivity contribution >= 4 is 40.4 Å². The molecule has 0 amide bonds. The molecule has 1 heterocycles. The van der Waals surface area contributed by atoms with Gasteiger partial charge in [0, 0.05) is 11.8 Å². The van der Waals surface area contributed by atoms with Crippen LogP contribution >= 0.6 is 35.4 Å². The molecule has 1 aliphatic rings. The average Bonchev–Trinajstić information content (AvgIpc) is 2.89. The van der Waals surface area contributed by atoms with Crippen LogP contribution in [0.5, 0.6) is 11.6 Å². The molecule has 0 saturated heterocycles. The maximum absolute atomic E-state index is 5.99. The summed E-state index contributed by atoms with van der Waals surface area (Å²) in [5.41, 5.74) is 8.67. The fourth-order valence-corrected chi connectivity index (χ4v) is 2.79. The zero-order chi connectivity index (χ0) is 15.0. The van der Waals surface area contributed by atoms with Crippen LogP contribution in [-0.4, -0.2) is 9.97 Å². The monoisotopic (exact) mass is 338 g/mol. The van der Waals surface area contributed by atoms with E-state index in [0.717, 1.165) is 25.0 Å². The Bertz CT molecular complexity index is 734. The fraction of sp³-hybridized carbons (Fsp3) is 0.200. The lowest BCUT2D eigenvalue weighted by Gasteiger charge is -2.12. The third kappa shape index (κ3) is 2.98. The van der Waals surface area contributed by atoms with E-state index >= 15 is 0 Å². The van der Waals surface area contributed by atoms with Gasteiger partial charge in [0.2, 0.25) is 5.88 Å². The molecular weight excluding hydrogens is 327 g/mol. The zero-order valence-corrected chi connectivity index (χ0v) is 13.4. The highest BCUT2D eigenvalue weighted by Crippen LogP contribution is 2.32. The van der Waals surface area contributed by atoms with Gasteiger partial charge in [0.1, 0.15) is 10.7 Å². The molecule has 0 atom stereocenters. The molecule has 3 nitrogen and oxygen atoms in total. The molecule has 21 heavy (non-hydrogen) atoms. The molecule has 1 aliphatic carbocycles. The van der Waals surface area contributed by atoms with Gasteiger partial charge in [-0.1, -0.05) is 35.4 Å². The van der Waals surface area contributed by atoms with Crippen molar-refractivity contribution in [1.82, 2.24) is 4.98 Å². The first-order chi connectivity index (χ1) is 10.0. The van der Waals surface area contributed by atoms with Crippen LogP contribution in [-0.2, 0) is 12.8 Å². The number of thiocarbonyl (C=S) groups is 1. The van der Waals surface area contributed by atoms with E-state index in [1.165, 1.54) is 5.56 Å². The summed E-state index contributed by atoms with van der Waals surface area (Å²) in [6, 6.07) is 7.02. The molecule has 1 aromatic carbocycles. The number of aromatic nitrogens is 1. The van der Waals surface area contributed by atoms with Crippen molar-refractivity contribution in [2.45, 2.75) is 19.3 Å². The zero-order valence-electron chi connectivity index (χ0n) is 11.0. The molecule has 2 N–H and O–H groups in total. The fourth-order valence-electron chi connectivity index (χ4n) is 2.36. The smallest absolute Gasteiger partial charge is 0.229 e. The van der Waals surface area contributed by atoms with E-state index in [0.29, 0.717) is 27.2 Å². The van der Waals surface area contributed by atoms with Gasteiger partial charge in [0.05, 0.1) is 15.6 Å². The molecule has 0 bridgehead atoms. The number of hydrogen-bond donors (Lipinski definition) is 1. The molecule has 0 aliphatic heterocycles. The van der Waals surface area contributed by atoms with Crippen molar-refractivity contribution in [2.24, 2.45) is 5.73 Å². The Hall–Kier alpha value is -1.36. The van der Waals surface area contributed by atoms with Crippen molar-refractivity contribution in [3.05, 3.63) is 51.1 Å². The summed E-state index contributed by atoms with van der Waals surface area (Å²) in [5.74, 6) is 0.967. The third-order valence-corrected chi connectivity index (χ3v) is 4.35. The molecular formula is C15H12Cl2N2OS. The number of benzene rings is 1. The summed E-state index contributed by atoms with van der Waals surface area (Å²) in [6.07, 6.45) is 3.05. The highest BCUT2D eigenvalue weighted by molar-refractivity contribution is 7.80. The van der Waals surface area contributed by atoms with E-state index in [4.69, 9.17) is 45.9 Å². The summed E-state index contributed by atoms with van der Waals surface area (Å²) in [5, 5.41) is 0.896. The lowest BCUT2D eigenvalue weighted by molar-refractivity contribution is 0.460. The Balaban J connectivity index is 2.01. The summed E-state index contributed by atoms with van der Waals surface area (Å²) in [4.78, 5) is 4.83. The van der Waals surface area contributed by atoms with Gasteiger partial charge in [0.15, 0.2) is 0 Å². The van der Waals surface area contributed by atoms with E-state index in [9.17, 15) is 0 Å². The molecule has 0 spiro atoms. The second kappa shape index (κ2) is 5.79. The number of rotatable bonds is 3. The molecule has 0 saturated carbocycles. The van der Waals surface area contributed by atoms with Crippen LogP contribution in [0, 0.1) is 0 Å². The lowest BCUT2D eigenvalue weighted by atomic mass is 10.1. The molecule has 0 unspecified atom stereocenters. The minimum absolute atomic E-state index is 0.271. The molecule has 1 aromatic heterocycles. The van der Waals surface area contributed by atoms with Gasteiger partial charge in [-0.05, 0) is 43.0 Å². The number of fused-ring (bicyclic) bond motifs is 1. The quantitative estimate of drug-likeness (QED) is 0.847. The van der Waals surface area contributed by atoms with Gasteiger partial charge in [-0.3, -0.25) is 0 Å². The van der Waals surface area contributed by atoms with Crippen LogP contribution in [0.15, 0.2) is 24.3 Å². The Kier molecular flexibility index (Phi) is 4.02. The number of hydrogen-bond acceptors (Lipinski definition) is 3. The van der Waals surface area contributed by atoms with Gasteiger partial charge in [-0.25, -0.2) is 4.98 Å². The Morgan fingerprint density at radius 2 is 2.00 bits per heavy atom. The van der Waals surface area contributed by atoms with Gasteiger partial charge < -0.3 is 10.5 Å². The van der Waals surface area contributed by atoms with Crippen LogP contribution in [0.4, 0.5) is 0 Å². The van der Waals surface area contributed by atoms with Gasteiger partial charge >= 0.3 is 0 Å². The minimum atomic E-state index is 0.271. The van der Waals surface area contributed by atoms with E-state index < -0.39 is 0 Å². The topological polar surface area (TPSA) is 48.1 Å². The summed E-state index contributed by atoms with van der Waals surface area (Å²) in [7, 11) is 0. The van der Waals surface area contributed by atoms with Crippen LogP contribution in [0.2, 0.25) is 10.0 Å². The Morgan fingerprint density at radius 1 is 1.19 bits per heavy atom. The predicted molar refractivity (Wildman–Crippen MR) is 88.7 cm³/mol.